The molecule has 0 amide bonds. The number of aliphatic carboxylic acids is 1. The van der Waals surface area contributed by atoms with Crippen molar-refractivity contribution in [1.29, 1.82) is 0 Å². The van der Waals surface area contributed by atoms with Crippen LogP contribution in [0.1, 0.15) is 30.5 Å². The number of halogens is 3. The van der Waals surface area contributed by atoms with E-state index in [0.717, 1.165) is 18.2 Å². The molecule has 0 aliphatic heterocycles. The molecule has 1 N–H and O–H groups in total. The molecule has 0 fully saturated rings. The monoisotopic (exact) mass is 284 g/mol. The molecule has 0 spiro atoms. The molecule has 1 aromatic rings. The van der Waals surface area contributed by atoms with Crippen LogP contribution in [0.2, 0.25) is 0 Å². The van der Waals surface area contributed by atoms with Crippen molar-refractivity contribution in [3.8, 4) is 0 Å². The number of carbonyl (C=O) groups excluding carboxylic acids is 1. The van der Waals surface area contributed by atoms with Crippen molar-refractivity contribution in [3.63, 3.8) is 0 Å². The van der Waals surface area contributed by atoms with E-state index in [4.69, 9.17) is 5.11 Å². The van der Waals surface area contributed by atoms with Crippen LogP contribution in [-0.4, -0.2) is 16.9 Å². The Morgan fingerprint density at radius 3 is 2.35 bits per heavy atom. The van der Waals surface area contributed by atoms with Crippen LogP contribution in [-0.2, 0) is 21.2 Å². The summed E-state index contributed by atoms with van der Waals surface area (Å²) >= 11 is 0. The number of carboxylic acids is 1. The number of alkyl halides is 3. The highest BCUT2D eigenvalue weighted by molar-refractivity contribution is 6.25. The predicted molar refractivity (Wildman–Crippen MR) is 65.1 cm³/mol. The molecular formula is C14H11F3O3. The summed E-state index contributed by atoms with van der Waals surface area (Å²) in [7, 11) is 0. The quantitative estimate of drug-likeness (QED) is 0.806. The maximum atomic E-state index is 12.7. The zero-order valence-corrected chi connectivity index (χ0v) is 10.7. The lowest BCUT2D eigenvalue weighted by molar-refractivity contribution is -0.138. The van der Waals surface area contributed by atoms with E-state index in [2.05, 4.69) is 0 Å². The van der Waals surface area contributed by atoms with E-state index in [0.29, 0.717) is 5.56 Å². The highest BCUT2D eigenvalue weighted by Gasteiger charge is 2.41. The summed E-state index contributed by atoms with van der Waals surface area (Å²) in [4.78, 5) is 23.1. The first-order chi connectivity index (χ1) is 9.05. The lowest BCUT2D eigenvalue weighted by Gasteiger charge is -2.30. The molecule has 6 heteroatoms. The molecule has 0 heterocycles. The lowest BCUT2D eigenvalue weighted by atomic mass is 9.71. The third-order valence-corrected chi connectivity index (χ3v) is 3.40. The van der Waals surface area contributed by atoms with Gasteiger partial charge < -0.3 is 5.11 Å². The highest BCUT2D eigenvalue weighted by Crippen LogP contribution is 2.39. The smallest absolute Gasteiger partial charge is 0.416 e. The van der Waals surface area contributed by atoms with Crippen molar-refractivity contribution in [2.75, 3.05) is 0 Å². The molecular weight excluding hydrogens is 273 g/mol. The summed E-state index contributed by atoms with van der Waals surface area (Å²) in [5, 5.41) is 8.98. The van der Waals surface area contributed by atoms with Crippen molar-refractivity contribution in [2.45, 2.75) is 25.4 Å². The molecule has 0 unspecified atom stereocenters. The molecule has 106 valence electrons. The highest BCUT2D eigenvalue weighted by atomic mass is 19.4. The topological polar surface area (TPSA) is 54.4 Å². The van der Waals surface area contributed by atoms with E-state index in [1.54, 1.807) is 0 Å². The second kappa shape index (κ2) is 4.19. The van der Waals surface area contributed by atoms with Gasteiger partial charge in [-0.1, -0.05) is 6.07 Å². The number of fused-ring (bicyclic) bond motifs is 1. The van der Waals surface area contributed by atoms with Gasteiger partial charge in [0.15, 0.2) is 5.78 Å². The molecule has 1 aliphatic rings. The van der Waals surface area contributed by atoms with Gasteiger partial charge in [-0.25, -0.2) is 4.79 Å². The van der Waals surface area contributed by atoms with Crippen LogP contribution in [0.15, 0.2) is 23.8 Å². The molecule has 20 heavy (non-hydrogen) atoms. The summed E-state index contributed by atoms with van der Waals surface area (Å²) in [5.74, 6) is -2.08. The van der Waals surface area contributed by atoms with Crippen LogP contribution in [0, 0.1) is 0 Å². The minimum Gasteiger partial charge on any atom is -0.478 e. The van der Waals surface area contributed by atoms with Crippen LogP contribution in [0.3, 0.4) is 0 Å². The number of hydrogen-bond donors (Lipinski definition) is 1. The number of Topliss-reactive ketones (excluding diaryl/α,β-unsaturated/α-hetero) is 1. The standard InChI is InChI=1S/C14H11F3O3/c1-13(2)10-6-8(14(15,16)17)4-3-7(10)5-9(11(13)18)12(19)20/h3-6H,1-2H3,(H,19,20). The predicted octanol–water partition coefficient (Wildman–Crippen LogP) is 3.03. The summed E-state index contributed by atoms with van der Waals surface area (Å²) in [5.41, 5.74) is -2.08. The normalized spacial score (nSPS) is 17.4. The maximum absolute atomic E-state index is 12.7. The van der Waals surface area contributed by atoms with Gasteiger partial charge in [0.25, 0.3) is 0 Å². The Labute approximate surface area is 112 Å². The van der Waals surface area contributed by atoms with Gasteiger partial charge in [0.2, 0.25) is 0 Å². The second-order valence-corrected chi connectivity index (χ2v) is 5.12. The number of carbonyl (C=O) groups is 2. The molecule has 0 bridgehead atoms. The number of rotatable bonds is 1. The van der Waals surface area contributed by atoms with Crippen LogP contribution in [0.5, 0.6) is 0 Å². The average Bonchev–Trinajstić information content (AvgIpc) is 2.32. The Morgan fingerprint density at radius 1 is 1.25 bits per heavy atom. The molecule has 0 radical (unpaired) electrons. The molecule has 0 saturated heterocycles. The Balaban J connectivity index is 2.70. The van der Waals surface area contributed by atoms with Gasteiger partial charge in [-0.05, 0) is 43.2 Å². The van der Waals surface area contributed by atoms with Crippen molar-refractivity contribution in [1.82, 2.24) is 0 Å². The second-order valence-electron chi connectivity index (χ2n) is 5.12. The summed E-state index contributed by atoms with van der Waals surface area (Å²) < 4.78 is 38.2. The zero-order chi connectivity index (χ0) is 15.3. The average molecular weight is 284 g/mol. The van der Waals surface area contributed by atoms with Crippen molar-refractivity contribution in [3.05, 3.63) is 40.5 Å². The lowest BCUT2D eigenvalue weighted by Crippen LogP contribution is -2.36. The first-order valence-corrected chi connectivity index (χ1v) is 5.76. The molecule has 0 saturated carbocycles. The van der Waals surface area contributed by atoms with Crippen LogP contribution < -0.4 is 0 Å². The fourth-order valence-corrected chi connectivity index (χ4v) is 2.24. The van der Waals surface area contributed by atoms with Crippen molar-refractivity contribution < 1.29 is 27.9 Å². The largest absolute Gasteiger partial charge is 0.478 e. The number of ketones is 1. The van der Waals surface area contributed by atoms with Crippen LogP contribution in [0.25, 0.3) is 6.08 Å². The van der Waals surface area contributed by atoms with Gasteiger partial charge in [0.1, 0.15) is 5.57 Å². The van der Waals surface area contributed by atoms with Gasteiger partial charge in [0, 0.05) is 0 Å². The first-order valence-electron chi connectivity index (χ1n) is 5.76. The van der Waals surface area contributed by atoms with Gasteiger partial charge in [-0.2, -0.15) is 13.2 Å². The fourth-order valence-electron chi connectivity index (χ4n) is 2.24. The van der Waals surface area contributed by atoms with Gasteiger partial charge in [-0.15, -0.1) is 0 Å². The molecule has 1 aliphatic carbocycles. The van der Waals surface area contributed by atoms with Gasteiger partial charge >= 0.3 is 12.1 Å². The minimum atomic E-state index is -4.51. The van der Waals surface area contributed by atoms with Crippen LogP contribution in [0.4, 0.5) is 13.2 Å². The van der Waals surface area contributed by atoms with Crippen LogP contribution >= 0.6 is 0 Å². The third kappa shape index (κ3) is 2.11. The summed E-state index contributed by atoms with van der Waals surface area (Å²) in [6.07, 6.45) is -3.39. The molecule has 1 aromatic carbocycles. The van der Waals surface area contributed by atoms with Gasteiger partial charge in [0.05, 0.1) is 11.0 Å². The van der Waals surface area contributed by atoms with E-state index in [1.807, 2.05) is 0 Å². The molecule has 3 nitrogen and oxygen atoms in total. The van der Waals surface area contributed by atoms with Crippen molar-refractivity contribution in [2.24, 2.45) is 0 Å². The Kier molecular flexibility index (Phi) is 3.00. The van der Waals surface area contributed by atoms with E-state index in [1.165, 1.54) is 19.9 Å². The Bertz CT molecular complexity index is 640. The SMILES string of the molecule is CC1(C)C(=O)C(C(=O)O)=Cc2ccc(C(F)(F)F)cc21. The molecule has 2 rings (SSSR count). The van der Waals surface area contributed by atoms with E-state index >= 15 is 0 Å². The van der Waals surface area contributed by atoms with E-state index in [-0.39, 0.29) is 5.56 Å². The Hall–Kier alpha value is -2.11. The number of hydrogen-bond acceptors (Lipinski definition) is 2. The third-order valence-electron chi connectivity index (χ3n) is 3.40. The molecule has 0 atom stereocenters. The van der Waals surface area contributed by atoms with Crippen molar-refractivity contribution >= 4 is 17.8 Å². The van der Waals surface area contributed by atoms with E-state index in [9.17, 15) is 22.8 Å². The summed E-state index contributed by atoms with van der Waals surface area (Å²) in [6, 6.07) is 2.97. The first kappa shape index (κ1) is 14.3. The summed E-state index contributed by atoms with van der Waals surface area (Å²) in [6.45, 7) is 2.84. The minimum absolute atomic E-state index is 0.183. The number of carboxylic acid groups (broad SMARTS) is 1. The maximum Gasteiger partial charge on any atom is 0.416 e. The molecule has 0 aromatic heterocycles. The zero-order valence-electron chi connectivity index (χ0n) is 10.7. The fraction of sp³-hybridized carbons (Fsp3) is 0.286. The van der Waals surface area contributed by atoms with Gasteiger partial charge in [-0.3, -0.25) is 4.79 Å². The van der Waals surface area contributed by atoms with E-state index < -0.39 is 34.5 Å². The Morgan fingerprint density at radius 2 is 1.85 bits per heavy atom. The number of benzene rings is 1.